The van der Waals surface area contributed by atoms with Gasteiger partial charge >= 0.3 is 6.18 Å². The molecule has 64 heavy (non-hydrogen) atoms. The van der Waals surface area contributed by atoms with Crippen molar-refractivity contribution < 1.29 is 50.4 Å². The Labute approximate surface area is 386 Å². The van der Waals surface area contributed by atoms with Crippen molar-refractivity contribution in [2.24, 2.45) is 35.5 Å². The predicted octanol–water partition coefficient (Wildman–Crippen LogP) is 11.3. The molecular formula is C50H83F3N2O8S. The zero-order valence-electron chi connectivity index (χ0n) is 43.0. The Morgan fingerprint density at radius 1 is 0.703 bits per heavy atom. The lowest BCUT2D eigenvalue weighted by atomic mass is 9.99. The van der Waals surface area contributed by atoms with Crippen molar-refractivity contribution in [3.05, 3.63) is 59.6 Å². The van der Waals surface area contributed by atoms with Crippen LogP contribution >= 0.6 is 0 Å². The fourth-order valence-corrected chi connectivity index (χ4v) is 3.40. The molecule has 10 nitrogen and oxygen atoms in total. The number of hydrogen-bond donors (Lipinski definition) is 0. The summed E-state index contributed by atoms with van der Waals surface area (Å²) in [6.07, 6.45) is -0.355. The van der Waals surface area contributed by atoms with Crippen molar-refractivity contribution in [1.82, 2.24) is 4.90 Å². The molecule has 0 saturated heterocycles. The van der Waals surface area contributed by atoms with E-state index in [4.69, 9.17) is 5.26 Å². The number of hydrogen-bond acceptors (Lipinski definition) is 10. The molecule has 368 valence electrons. The van der Waals surface area contributed by atoms with Crippen LogP contribution in [0.1, 0.15) is 138 Å². The van der Waals surface area contributed by atoms with Crippen LogP contribution in [-0.2, 0) is 38.6 Å². The summed E-state index contributed by atoms with van der Waals surface area (Å²) >= 11 is 0. The Hall–Kier alpha value is -4.53. The average molecular weight is 929 g/mol. The van der Waals surface area contributed by atoms with Crippen molar-refractivity contribution in [2.75, 3.05) is 20.6 Å². The van der Waals surface area contributed by atoms with E-state index < -0.39 is 33.3 Å². The average Bonchev–Trinajstić information content (AvgIpc) is 3.19. The van der Waals surface area contributed by atoms with E-state index in [-0.39, 0.29) is 63.5 Å². The quantitative estimate of drug-likeness (QED) is 0.0668. The first-order chi connectivity index (χ1) is 28.7. The van der Waals surface area contributed by atoms with Crippen molar-refractivity contribution >= 4 is 44.5 Å². The van der Waals surface area contributed by atoms with Crippen molar-refractivity contribution in [3.63, 3.8) is 0 Å². The maximum atomic E-state index is 11.7. The number of sulfone groups is 1. The minimum Gasteiger partial charge on any atom is -0.306 e. The van der Waals surface area contributed by atoms with Gasteiger partial charge < -0.3 is 4.90 Å². The van der Waals surface area contributed by atoms with Gasteiger partial charge in [0.25, 0.3) is 0 Å². The normalized spacial score (nSPS) is 10.4. The first kappa shape index (κ1) is 73.8. The number of alkyl halides is 3. The zero-order chi connectivity index (χ0) is 53.0. The number of carbonyl (C=O) groups excluding carboxylic acids is 6. The third kappa shape index (κ3) is 45.5. The maximum absolute atomic E-state index is 11.7. The summed E-state index contributed by atoms with van der Waals surface area (Å²) in [5, 5.41) is 8.83. The van der Waals surface area contributed by atoms with Crippen molar-refractivity contribution in [1.29, 1.82) is 5.26 Å². The minimum atomic E-state index is -4.58. The van der Waals surface area contributed by atoms with E-state index in [2.05, 4.69) is 31.6 Å². The van der Waals surface area contributed by atoms with Crippen LogP contribution in [0.2, 0.25) is 0 Å². The number of halogens is 3. The Morgan fingerprint density at radius 2 is 1.11 bits per heavy atom. The van der Waals surface area contributed by atoms with Gasteiger partial charge in [0, 0.05) is 53.9 Å². The zero-order valence-corrected chi connectivity index (χ0v) is 43.8. The SMILES string of the molecule is C=C(C#N)C(=O)C(C)C.C=C(C(=O)C(C)C)C(F)(F)F.C=CS(=O)(=O)C(C)C.CC#CC(=O)C(C)C.CC(C)=C(C)C(=O)C(C)C.CC(C)C(=O)/C=C/CN(C)C.CCC(=O)C(C)C. The third-order valence-corrected chi connectivity index (χ3v) is 9.52. The van der Waals surface area contributed by atoms with Gasteiger partial charge in [-0.15, -0.1) is 0 Å². The fraction of sp³-hybridized carbons (Fsp3) is 0.620. The summed E-state index contributed by atoms with van der Waals surface area (Å²) in [7, 11) is 0.981. The monoisotopic (exact) mass is 929 g/mol. The molecule has 0 bridgehead atoms. The number of nitrogens with zero attached hydrogens (tertiary/aromatic N) is 2. The van der Waals surface area contributed by atoms with Gasteiger partial charge in [0.15, 0.2) is 33.0 Å². The minimum absolute atomic E-state index is 0.0208. The van der Waals surface area contributed by atoms with Gasteiger partial charge in [-0.25, -0.2) is 8.42 Å². The van der Waals surface area contributed by atoms with E-state index in [0.717, 1.165) is 23.1 Å². The molecule has 0 N–H and O–H groups in total. The smallest absolute Gasteiger partial charge is 0.306 e. The second kappa shape index (κ2) is 40.0. The van der Waals surface area contributed by atoms with E-state index >= 15 is 0 Å². The Bertz CT molecular complexity index is 1750. The first-order valence-corrected chi connectivity index (χ1v) is 22.7. The molecular weight excluding hydrogens is 846 g/mol. The molecule has 0 radical (unpaired) electrons. The standard InChI is InChI=1S/C9H17NO.C9H16O.C7H9F3O.C7H9NO.C7H10O.C6H12O.C5H10O2S/c1-8(2)9(11)6-5-7-10(3)4;1-6(2)8(5)9(10)7(3)4;1-4(2)6(11)5(3)7(8,9)10;1-5(2)7(9)6(3)4-8;1-4-5-7(8)6(2)3;1-4-6(7)5(2)3;1-4-8(6,7)5(2)3/h5-6,8H,7H2,1-4H3;7H,1-5H3;4H,3H2,1-2H3;5H,3H2,1-2H3;6H,1-3H3;5H,4H2,1-3H3;4-5H,1H2,2-3H3/b6-5+;;;;;;. The van der Waals surface area contributed by atoms with Crippen LogP contribution in [-0.4, -0.2) is 80.1 Å². The molecule has 0 aliphatic carbocycles. The number of carbonyl (C=O) groups is 6. The number of rotatable bonds is 15. The van der Waals surface area contributed by atoms with E-state index in [1.165, 1.54) is 13.8 Å². The van der Waals surface area contributed by atoms with E-state index in [1.54, 1.807) is 46.8 Å². The second-order valence-corrected chi connectivity index (χ2v) is 19.1. The highest BCUT2D eigenvalue weighted by Gasteiger charge is 2.37. The lowest BCUT2D eigenvalue weighted by molar-refractivity contribution is -0.131. The summed E-state index contributed by atoms with van der Waals surface area (Å²) in [4.78, 5) is 66.8. The highest BCUT2D eigenvalue weighted by molar-refractivity contribution is 7.94. The molecule has 0 heterocycles. The van der Waals surface area contributed by atoms with Crippen LogP contribution in [0.25, 0.3) is 0 Å². The fourth-order valence-electron chi connectivity index (χ4n) is 3.01. The van der Waals surface area contributed by atoms with Crippen molar-refractivity contribution in [2.45, 2.75) is 149 Å². The number of allylic oxidation sites excluding steroid dienone is 5. The molecule has 0 aromatic carbocycles. The van der Waals surface area contributed by atoms with Gasteiger partial charge in [0.05, 0.1) is 16.4 Å². The van der Waals surface area contributed by atoms with Crippen LogP contribution in [0.3, 0.4) is 0 Å². The Kier molecular flexibility index (Phi) is 46.2. The largest absolute Gasteiger partial charge is 0.419 e. The molecule has 0 amide bonds. The molecule has 0 aliphatic heterocycles. The van der Waals surface area contributed by atoms with Crippen LogP contribution in [0, 0.1) is 58.7 Å². The topological polar surface area (TPSA) is 164 Å². The molecule has 0 atom stereocenters. The number of ketones is 6. The Balaban J connectivity index is -0.000000119. The van der Waals surface area contributed by atoms with E-state index in [9.17, 15) is 50.4 Å². The van der Waals surface area contributed by atoms with E-state index in [0.29, 0.717) is 12.2 Å². The lowest BCUT2D eigenvalue weighted by Crippen LogP contribution is -2.22. The van der Waals surface area contributed by atoms with Crippen LogP contribution < -0.4 is 0 Å². The molecule has 0 saturated carbocycles. The van der Waals surface area contributed by atoms with Gasteiger partial charge in [0.1, 0.15) is 11.9 Å². The molecule has 0 aliphatic rings. The molecule has 0 spiro atoms. The summed E-state index contributed by atoms with van der Waals surface area (Å²) in [5.74, 6) is 4.50. The van der Waals surface area contributed by atoms with Crippen LogP contribution in [0.15, 0.2) is 59.6 Å². The number of nitriles is 1. The molecule has 0 aromatic heterocycles. The summed E-state index contributed by atoms with van der Waals surface area (Å²) in [5.41, 5.74) is 0.811. The predicted molar refractivity (Wildman–Crippen MR) is 259 cm³/mol. The van der Waals surface area contributed by atoms with Crippen LogP contribution in [0.5, 0.6) is 0 Å². The van der Waals surface area contributed by atoms with Gasteiger partial charge in [0.2, 0.25) is 5.78 Å². The third-order valence-electron chi connectivity index (χ3n) is 7.74. The summed E-state index contributed by atoms with van der Waals surface area (Å²) in [6.45, 7) is 44.0. The molecule has 14 heteroatoms. The van der Waals surface area contributed by atoms with E-state index in [1.807, 2.05) is 108 Å². The maximum Gasteiger partial charge on any atom is 0.419 e. The van der Waals surface area contributed by atoms with Crippen LogP contribution in [0.4, 0.5) is 13.2 Å². The summed E-state index contributed by atoms with van der Waals surface area (Å²) in [6, 6.07) is 1.70. The Morgan fingerprint density at radius 3 is 1.23 bits per heavy atom. The van der Waals surface area contributed by atoms with Crippen molar-refractivity contribution in [3.8, 4) is 17.9 Å². The second-order valence-electron chi connectivity index (χ2n) is 16.6. The highest BCUT2D eigenvalue weighted by Crippen LogP contribution is 2.26. The number of Topliss-reactive ketones (excluding diaryl/α,β-unsaturated/α-hetero) is 5. The number of likely N-dealkylation sites (N-methyl/N-ethyl adjacent to an activating group) is 1. The molecule has 0 aromatic rings. The first-order valence-electron chi connectivity index (χ1n) is 21.1. The van der Waals surface area contributed by atoms with Gasteiger partial charge in [-0.2, -0.15) is 18.4 Å². The lowest BCUT2D eigenvalue weighted by Gasteiger charge is -2.10. The van der Waals surface area contributed by atoms with Gasteiger partial charge in [-0.05, 0) is 73.2 Å². The van der Waals surface area contributed by atoms with Gasteiger partial charge in [-0.3, -0.25) is 28.8 Å². The summed E-state index contributed by atoms with van der Waals surface area (Å²) < 4.78 is 56.4. The molecule has 0 rings (SSSR count). The molecule has 0 unspecified atom stereocenters. The van der Waals surface area contributed by atoms with Gasteiger partial charge in [-0.1, -0.05) is 127 Å². The highest BCUT2D eigenvalue weighted by atomic mass is 32.2. The molecule has 0 fully saturated rings.